The molecule has 0 radical (unpaired) electrons. The molecule has 48 heavy (non-hydrogen) atoms. The number of Topliss-reactive ketones (excluding diaryl/α,β-unsaturated/α-hetero) is 1. The van der Waals surface area contributed by atoms with Crippen molar-refractivity contribution in [1.29, 1.82) is 0 Å². The molecule has 0 aliphatic carbocycles. The number of halogens is 2. The van der Waals surface area contributed by atoms with Crippen LogP contribution < -0.4 is 0 Å². The number of nitrogens with zero attached hydrogens (tertiary/aromatic N) is 2. The molecule has 272 valence electrons. The zero-order valence-electron chi connectivity index (χ0n) is 32.3. The number of hydrogen-bond donors (Lipinski definition) is 0. The fourth-order valence-corrected chi connectivity index (χ4v) is 5.31. The molecule has 2 rings (SSSR count). The molecule has 0 spiro atoms. The van der Waals surface area contributed by atoms with E-state index in [4.69, 9.17) is 0 Å². The number of unbranched alkanes of at least 4 members (excludes halogenated alkanes) is 3. The van der Waals surface area contributed by atoms with E-state index in [0.717, 1.165) is 36.9 Å². The van der Waals surface area contributed by atoms with Crippen LogP contribution in [0.25, 0.3) is 0 Å². The van der Waals surface area contributed by atoms with E-state index in [1.807, 2.05) is 19.1 Å². The molecular weight excluding hydrogens is 598 g/mol. The Morgan fingerprint density at radius 2 is 1.46 bits per heavy atom. The molecule has 0 N–H and O–H groups in total. The van der Waals surface area contributed by atoms with Gasteiger partial charge in [0.2, 0.25) is 0 Å². The maximum absolute atomic E-state index is 11.9. The van der Waals surface area contributed by atoms with Crippen LogP contribution in [-0.2, 0) is 4.79 Å². The summed E-state index contributed by atoms with van der Waals surface area (Å²) in [4.78, 5) is 11.0. The van der Waals surface area contributed by atoms with Crippen molar-refractivity contribution >= 4 is 5.78 Å². The minimum Gasteiger partial charge on any atom is -0.300 e. The number of ketones is 1. The van der Waals surface area contributed by atoms with Crippen LogP contribution in [0.15, 0.2) is 79.1 Å². The van der Waals surface area contributed by atoms with E-state index in [9.17, 15) is 13.6 Å². The van der Waals surface area contributed by atoms with Gasteiger partial charge in [-0.3, -0.25) is 4.79 Å². The molecule has 0 aliphatic heterocycles. The van der Waals surface area contributed by atoms with Gasteiger partial charge in [-0.25, -0.2) is 8.78 Å². The Morgan fingerprint density at radius 3 is 1.88 bits per heavy atom. The third kappa shape index (κ3) is 26.1. The predicted octanol–water partition coefficient (Wildman–Crippen LogP) is 13.5. The highest BCUT2D eigenvalue weighted by Gasteiger charge is 2.23. The molecule has 5 unspecified atom stereocenters. The van der Waals surface area contributed by atoms with E-state index >= 15 is 0 Å². The number of rotatable bonds is 18. The molecule has 0 saturated heterocycles. The van der Waals surface area contributed by atoms with E-state index in [-0.39, 0.29) is 0 Å². The number of hydrogen-bond acceptors (Lipinski definition) is 3. The van der Waals surface area contributed by atoms with E-state index in [0.29, 0.717) is 29.5 Å². The summed E-state index contributed by atoms with van der Waals surface area (Å²) < 4.78 is 23.9. The van der Waals surface area contributed by atoms with Crippen LogP contribution in [0.1, 0.15) is 139 Å². The van der Waals surface area contributed by atoms with Crippen LogP contribution in [-0.4, -0.2) is 16.0 Å². The monoisotopic (exact) mass is 669 g/mol. The summed E-state index contributed by atoms with van der Waals surface area (Å²) in [7, 11) is 0. The average molecular weight is 669 g/mol. The predicted molar refractivity (Wildman–Crippen MR) is 205 cm³/mol. The van der Waals surface area contributed by atoms with Gasteiger partial charge in [-0.1, -0.05) is 156 Å². The maximum atomic E-state index is 11.9. The number of aromatic nitrogens is 2. The van der Waals surface area contributed by atoms with E-state index < -0.39 is 11.6 Å². The zero-order valence-corrected chi connectivity index (χ0v) is 32.3. The number of carbonyl (C=O) groups excluding carboxylic acids is 1. The number of benzene rings is 1. The molecular formula is C43H70F2N2O. The van der Waals surface area contributed by atoms with E-state index in [1.54, 1.807) is 13.1 Å². The van der Waals surface area contributed by atoms with Crippen molar-refractivity contribution in [3.8, 4) is 0 Å². The second kappa shape index (κ2) is 31.3. The van der Waals surface area contributed by atoms with Crippen molar-refractivity contribution in [2.75, 3.05) is 0 Å². The van der Waals surface area contributed by atoms with Gasteiger partial charge < -0.3 is 0 Å². The van der Waals surface area contributed by atoms with Crippen molar-refractivity contribution in [1.82, 2.24) is 10.2 Å². The Balaban J connectivity index is 0. The Hall–Kier alpha value is -2.95. The fraction of sp³-hybridized carbons (Fsp3) is 0.605. The minimum atomic E-state index is -0.537. The Labute approximate surface area is 294 Å². The van der Waals surface area contributed by atoms with Gasteiger partial charge >= 0.3 is 0 Å². The van der Waals surface area contributed by atoms with E-state index in [2.05, 4.69) is 96.5 Å². The van der Waals surface area contributed by atoms with Crippen molar-refractivity contribution in [3.63, 3.8) is 0 Å². The van der Waals surface area contributed by atoms with Crippen LogP contribution in [0.3, 0.4) is 0 Å². The quantitative estimate of drug-likeness (QED) is 0.117. The molecule has 3 nitrogen and oxygen atoms in total. The van der Waals surface area contributed by atoms with Gasteiger partial charge in [0.1, 0.15) is 17.4 Å². The maximum Gasteiger partial charge on any atom is 0.132 e. The average Bonchev–Trinajstić information content (AvgIpc) is 3.06. The molecule has 0 fully saturated rings. The van der Waals surface area contributed by atoms with Crippen LogP contribution in [0, 0.1) is 48.1 Å². The smallest absolute Gasteiger partial charge is 0.132 e. The van der Waals surface area contributed by atoms with Crippen LogP contribution >= 0.6 is 0 Å². The standard InChI is InChI=1S/C22H40.C10H20O.C6H4F2.C5H6N2/c1-8-11-12-16-20(6)22(19(5)10-3)21(7)17-14-13-15-18(4)9-2;1-4-6-8-10(7-5-2)9(3)11;7-5-2-1-3-6(8)4-5;1-5-3-2-4-6-7-5/h13-15,17-20,22H,7-12,16H2,1-6H3;10H,4-8H2,1-3H3;1-4H;2-4H,1H3/b15-13-,17-14-;;;. The van der Waals surface area contributed by atoms with Crippen LogP contribution in [0.2, 0.25) is 0 Å². The first kappa shape index (κ1) is 47.2. The lowest BCUT2D eigenvalue weighted by molar-refractivity contribution is -0.121. The molecule has 1 aromatic carbocycles. The first-order valence-corrected chi connectivity index (χ1v) is 18.6. The third-order valence-corrected chi connectivity index (χ3v) is 8.68. The van der Waals surface area contributed by atoms with Crippen molar-refractivity contribution < 1.29 is 13.6 Å². The third-order valence-electron chi connectivity index (χ3n) is 8.68. The molecule has 2 aromatic rings. The lowest BCUT2D eigenvalue weighted by Gasteiger charge is -2.30. The second-order valence-electron chi connectivity index (χ2n) is 13.1. The Kier molecular flexibility index (Phi) is 30.8. The Morgan fingerprint density at radius 1 is 0.812 bits per heavy atom. The first-order valence-electron chi connectivity index (χ1n) is 18.6. The summed E-state index contributed by atoms with van der Waals surface area (Å²) >= 11 is 0. The van der Waals surface area contributed by atoms with Crippen molar-refractivity contribution in [2.24, 2.45) is 29.6 Å². The summed E-state index contributed by atoms with van der Waals surface area (Å²) in [5.74, 6) is 2.38. The van der Waals surface area contributed by atoms with Gasteiger partial charge in [-0.15, -0.1) is 0 Å². The summed E-state index contributed by atoms with van der Waals surface area (Å²) in [5, 5.41) is 7.36. The normalized spacial score (nSPS) is 13.9. The highest BCUT2D eigenvalue weighted by molar-refractivity contribution is 5.78. The van der Waals surface area contributed by atoms with Crippen LogP contribution in [0.4, 0.5) is 8.78 Å². The van der Waals surface area contributed by atoms with Gasteiger partial charge in [0, 0.05) is 18.2 Å². The molecule has 5 atom stereocenters. The van der Waals surface area contributed by atoms with Crippen LogP contribution in [0.5, 0.6) is 0 Å². The van der Waals surface area contributed by atoms with Gasteiger partial charge in [0.15, 0.2) is 0 Å². The lowest BCUT2D eigenvalue weighted by atomic mass is 9.75. The summed E-state index contributed by atoms with van der Waals surface area (Å²) in [5.41, 5.74) is 2.27. The van der Waals surface area contributed by atoms with Gasteiger partial charge in [0.05, 0.1) is 5.69 Å². The summed E-state index contributed by atoms with van der Waals surface area (Å²) in [6.07, 6.45) is 24.1. The summed E-state index contributed by atoms with van der Waals surface area (Å²) in [6.45, 7) is 26.2. The van der Waals surface area contributed by atoms with Gasteiger partial charge in [0.25, 0.3) is 0 Å². The summed E-state index contributed by atoms with van der Waals surface area (Å²) in [6, 6.07) is 8.33. The highest BCUT2D eigenvalue weighted by atomic mass is 19.1. The molecule has 1 heterocycles. The SMILES string of the molecule is C=C(/C=C\C=C/C(C)CC)C(C(C)CC)C(C)CCCCC.CCCCC(CCC)C(C)=O.Cc1cccnn1.Fc1cccc(F)c1. The van der Waals surface area contributed by atoms with Crippen molar-refractivity contribution in [3.05, 3.63) is 96.4 Å². The Bertz CT molecular complexity index is 1100. The van der Waals surface area contributed by atoms with Gasteiger partial charge in [-0.05, 0) is 74.6 Å². The lowest BCUT2D eigenvalue weighted by Crippen LogP contribution is -2.21. The second-order valence-corrected chi connectivity index (χ2v) is 13.1. The minimum absolute atomic E-state index is 0.347. The topological polar surface area (TPSA) is 42.9 Å². The first-order chi connectivity index (χ1) is 22.9. The molecule has 0 saturated carbocycles. The largest absolute Gasteiger partial charge is 0.300 e. The molecule has 5 heteroatoms. The fourth-order valence-electron chi connectivity index (χ4n) is 5.31. The van der Waals surface area contributed by atoms with Crippen molar-refractivity contribution in [2.45, 2.75) is 140 Å². The number of aryl methyl sites for hydroxylation is 1. The number of allylic oxidation sites excluding steroid dienone is 5. The van der Waals surface area contributed by atoms with Gasteiger partial charge in [-0.2, -0.15) is 10.2 Å². The molecule has 1 aromatic heterocycles. The highest BCUT2D eigenvalue weighted by Crippen LogP contribution is 2.33. The van der Waals surface area contributed by atoms with E-state index in [1.165, 1.54) is 75.1 Å². The number of carbonyl (C=O) groups is 1. The molecule has 0 amide bonds. The molecule has 0 aliphatic rings. The zero-order chi connectivity index (χ0) is 36.7. The molecule has 0 bridgehead atoms.